The topological polar surface area (TPSA) is 98.7 Å². The van der Waals surface area contributed by atoms with Gasteiger partial charge in [-0.3, -0.25) is 4.79 Å². The van der Waals surface area contributed by atoms with Crippen LogP contribution in [0, 0.1) is 11.7 Å². The molecule has 0 aliphatic carbocycles. The third-order valence-electron chi connectivity index (χ3n) is 4.49. The largest absolute Gasteiger partial charge is 0.508 e. The molecule has 28 heavy (non-hydrogen) atoms. The number of benzene rings is 2. The van der Waals surface area contributed by atoms with Crippen molar-refractivity contribution in [2.24, 2.45) is 5.92 Å². The molecule has 0 bridgehead atoms. The number of hydrogen-bond acceptors (Lipinski definition) is 4. The van der Waals surface area contributed by atoms with Crippen molar-refractivity contribution in [3.05, 3.63) is 65.5 Å². The maximum Gasteiger partial charge on any atom is 0.437 e. The number of phenols is 1. The van der Waals surface area contributed by atoms with Crippen molar-refractivity contribution in [3.63, 3.8) is 0 Å². The number of Topliss-reactive ketones (excluding diaryl/α,β-unsaturated/α-hetero) is 1. The zero-order valence-corrected chi connectivity index (χ0v) is 14.0. The molecule has 148 valence electrons. The number of halogens is 4. The molecule has 2 amide bonds. The van der Waals surface area contributed by atoms with Gasteiger partial charge < -0.3 is 20.8 Å². The lowest BCUT2D eigenvalue weighted by Gasteiger charge is -2.45. The van der Waals surface area contributed by atoms with Crippen LogP contribution in [-0.2, 0) is 0 Å². The van der Waals surface area contributed by atoms with Crippen LogP contribution in [0.5, 0.6) is 5.75 Å². The first-order chi connectivity index (χ1) is 13.0. The van der Waals surface area contributed by atoms with E-state index >= 15 is 0 Å². The number of carbonyl (C=O) groups is 2. The number of amides is 2. The van der Waals surface area contributed by atoms with Gasteiger partial charge in [-0.2, -0.15) is 13.2 Å². The zero-order valence-electron chi connectivity index (χ0n) is 14.0. The molecule has 0 spiro atoms. The quantitative estimate of drug-likeness (QED) is 0.472. The molecule has 10 heteroatoms. The van der Waals surface area contributed by atoms with Gasteiger partial charge in [0.15, 0.2) is 5.78 Å². The van der Waals surface area contributed by atoms with Crippen molar-refractivity contribution in [3.8, 4) is 5.75 Å². The van der Waals surface area contributed by atoms with E-state index in [9.17, 15) is 37.4 Å². The van der Waals surface area contributed by atoms with Crippen LogP contribution in [0.25, 0.3) is 0 Å². The number of ketones is 1. The van der Waals surface area contributed by atoms with Crippen molar-refractivity contribution < 1.29 is 37.4 Å². The second-order valence-corrected chi connectivity index (χ2v) is 6.25. The second-order valence-electron chi connectivity index (χ2n) is 6.25. The highest BCUT2D eigenvalue weighted by molar-refractivity contribution is 6.00. The summed E-state index contributed by atoms with van der Waals surface area (Å²) < 4.78 is 54.3. The summed E-state index contributed by atoms with van der Waals surface area (Å²) in [6.07, 6.45) is -5.42. The molecule has 3 rings (SSSR count). The van der Waals surface area contributed by atoms with Gasteiger partial charge in [-0.1, -0.05) is 18.2 Å². The standard InChI is InChI=1S/C18H14F4N2O4/c19-10-7-5-9(6-8-10)15(26)13-14(11-3-1-2-4-12(11)25)23-16(27)24-17(13,28)18(20,21)22/h1-8,13-14,25,28H,(H2,23,24,27). The summed E-state index contributed by atoms with van der Waals surface area (Å²) in [5.74, 6) is -4.70. The first-order valence-corrected chi connectivity index (χ1v) is 8.00. The number of hydrogen-bond donors (Lipinski definition) is 4. The molecular formula is C18H14F4N2O4. The number of alkyl halides is 3. The van der Waals surface area contributed by atoms with Crippen molar-refractivity contribution >= 4 is 11.8 Å². The molecule has 3 atom stereocenters. The Labute approximate surface area is 155 Å². The maximum atomic E-state index is 13.7. The monoisotopic (exact) mass is 398 g/mol. The molecule has 1 aliphatic rings. The summed E-state index contributed by atoms with van der Waals surface area (Å²) in [6, 6.07) is 5.76. The molecule has 0 aromatic heterocycles. The van der Waals surface area contributed by atoms with E-state index < -0.39 is 47.2 Å². The summed E-state index contributed by atoms with van der Waals surface area (Å²) in [5, 5.41) is 23.9. The summed E-state index contributed by atoms with van der Waals surface area (Å²) in [4.78, 5) is 24.8. The molecule has 1 heterocycles. The first kappa shape index (κ1) is 19.6. The van der Waals surface area contributed by atoms with Gasteiger partial charge in [0, 0.05) is 11.1 Å². The Balaban J connectivity index is 2.18. The molecular weight excluding hydrogens is 384 g/mol. The van der Waals surface area contributed by atoms with E-state index in [1.165, 1.54) is 23.5 Å². The van der Waals surface area contributed by atoms with Crippen LogP contribution < -0.4 is 10.6 Å². The van der Waals surface area contributed by atoms with Crippen molar-refractivity contribution in [1.82, 2.24) is 10.6 Å². The van der Waals surface area contributed by atoms with Gasteiger partial charge >= 0.3 is 12.2 Å². The van der Waals surface area contributed by atoms with Gasteiger partial charge in [-0.25, -0.2) is 9.18 Å². The molecule has 0 saturated carbocycles. The summed E-state index contributed by atoms with van der Waals surface area (Å²) >= 11 is 0. The van der Waals surface area contributed by atoms with Crippen LogP contribution in [0.15, 0.2) is 48.5 Å². The maximum absolute atomic E-state index is 13.7. The molecule has 2 aromatic carbocycles. The normalized spacial score (nSPS) is 25.0. The highest BCUT2D eigenvalue weighted by Crippen LogP contribution is 2.45. The van der Waals surface area contributed by atoms with Gasteiger partial charge in [0.1, 0.15) is 17.5 Å². The lowest BCUT2D eigenvalue weighted by atomic mass is 9.77. The van der Waals surface area contributed by atoms with Crippen LogP contribution in [0.2, 0.25) is 0 Å². The summed E-state index contributed by atoms with van der Waals surface area (Å²) in [5.41, 5.74) is -4.43. The SMILES string of the molecule is O=C1NC(c2ccccc2O)C(C(=O)c2ccc(F)cc2)C(O)(C(F)(F)F)N1. The van der Waals surface area contributed by atoms with Crippen LogP contribution in [0.3, 0.4) is 0 Å². The van der Waals surface area contributed by atoms with Gasteiger partial charge in [-0.05, 0) is 30.3 Å². The lowest BCUT2D eigenvalue weighted by molar-refractivity contribution is -0.287. The van der Waals surface area contributed by atoms with Gasteiger partial charge in [-0.15, -0.1) is 0 Å². The predicted molar refractivity (Wildman–Crippen MR) is 87.7 cm³/mol. The molecule has 4 N–H and O–H groups in total. The smallest absolute Gasteiger partial charge is 0.437 e. The number of para-hydroxylation sites is 1. The number of carbonyl (C=O) groups excluding carboxylic acids is 2. The lowest BCUT2D eigenvalue weighted by Crippen LogP contribution is -2.72. The zero-order chi connectivity index (χ0) is 20.7. The Morgan fingerprint density at radius 1 is 1.07 bits per heavy atom. The molecule has 2 aromatic rings. The van der Waals surface area contributed by atoms with Crippen LogP contribution in [0.1, 0.15) is 22.0 Å². The van der Waals surface area contributed by atoms with Crippen molar-refractivity contribution in [2.45, 2.75) is 17.9 Å². The molecule has 1 saturated heterocycles. The van der Waals surface area contributed by atoms with E-state index in [0.717, 1.165) is 30.3 Å². The Morgan fingerprint density at radius 2 is 1.68 bits per heavy atom. The van der Waals surface area contributed by atoms with E-state index in [1.807, 2.05) is 0 Å². The summed E-state index contributed by atoms with van der Waals surface area (Å²) in [6.45, 7) is 0. The predicted octanol–water partition coefficient (Wildman–Crippen LogP) is 2.64. The van der Waals surface area contributed by atoms with Gasteiger partial charge in [0.25, 0.3) is 0 Å². The second kappa shape index (κ2) is 6.79. The Hall–Kier alpha value is -3.14. The molecule has 6 nitrogen and oxygen atoms in total. The van der Waals surface area contributed by atoms with E-state index in [1.54, 1.807) is 0 Å². The Morgan fingerprint density at radius 3 is 2.25 bits per heavy atom. The number of rotatable bonds is 3. The van der Waals surface area contributed by atoms with Gasteiger partial charge in [0.05, 0.1) is 6.04 Å². The fourth-order valence-corrected chi connectivity index (χ4v) is 3.14. The van der Waals surface area contributed by atoms with E-state index in [4.69, 9.17) is 0 Å². The number of nitrogens with one attached hydrogen (secondary N) is 2. The molecule has 1 fully saturated rings. The van der Waals surface area contributed by atoms with E-state index in [-0.39, 0.29) is 11.1 Å². The van der Waals surface area contributed by atoms with E-state index in [0.29, 0.717) is 0 Å². The van der Waals surface area contributed by atoms with Crippen LogP contribution >= 0.6 is 0 Å². The highest BCUT2D eigenvalue weighted by Gasteiger charge is 2.66. The highest BCUT2D eigenvalue weighted by atomic mass is 19.4. The fourth-order valence-electron chi connectivity index (χ4n) is 3.14. The minimum absolute atomic E-state index is 0.194. The minimum Gasteiger partial charge on any atom is -0.508 e. The van der Waals surface area contributed by atoms with Gasteiger partial charge in [0.2, 0.25) is 5.72 Å². The Kier molecular flexibility index (Phi) is 4.76. The number of aromatic hydroxyl groups is 1. The van der Waals surface area contributed by atoms with Crippen molar-refractivity contribution in [1.29, 1.82) is 0 Å². The number of aliphatic hydroxyl groups is 1. The van der Waals surface area contributed by atoms with E-state index in [2.05, 4.69) is 5.32 Å². The Bertz CT molecular complexity index is 917. The fraction of sp³-hybridized carbons (Fsp3) is 0.222. The van der Waals surface area contributed by atoms with Crippen LogP contribution in [-0.4, -0.2) is 33.9 Å². The molecule has 0 radical (unpaired) electrons. The van der Waals surface area contributed by atoms with Crippen LogP contribution in [0.4, 0.5) is 22.4 Å². The third kappa shape index (κ3) is 3.26. The number of phenolic OH excluding ortho intramolecular Hbond substituents is 1. The molecule has 1 aliphatic heterocycles. The summed E-state index contributed by atoms with van der Waals surface area (Å²) in [7, 11) is 0. The molecule has 3 unspecified atom stereocenters. The first-order valence-electron chi connectivity index (χ1n) is 8.00. The van der Waals surface area contributed by atoms with Crippen molar-refractivity contribution in [2.75, 3.05) is 0 Å². The number of urea groups is 1. The average Bonchev–Trinajstić information content (AvgIpc) is 2.60. The minimum atomic E-state index is -5.42. The third-order valence-corrected chi connectivity index (χ3v) is 4.49. The average molecular weight is 398 g/mol.